The molecule has 0 aliphatic rings. The third kappa shape index (κ3) is 2.23. The van der Waals surface area contributed by atoms with E-state index in [1.165, 1.54) is 11.2 Å². The van der Waals surface area contributed by atoms with Crippen LogP contribution in [-0.2, 0) is 6.54 Å². The minimum atomic E-state index is -0.428. The minimum absolute atomic E-state index is 0.365. The normalized spacial score (nSPS) is 10.2. The second kappa shape index (κ2) is 3.97. The Kier molecular flexibility index (Phi) is 2.51. The van der Waals surface area contributed by atoms with Crippen molar-refractivity contribution >= 4 is 5.82 Å². The Balaban J connectivity index is 2.14. The molecule has 0 fully saturated rings. The van der Waals surface area contributed by atoms with Crippen LogP contribution < -0.4 is 16.5 Å². The molecule has 3 N–H and O–H groups in total. The Bertz CT molecular complexity index is 477. The van der Waals surface area contributed by atoms with Crippen LogP contribution in [0.5, 0.6) is 0 Å². The first-order valence-electron chi connectivity index (χ1n) is 4.36. The summed E-state index contributed by atoms with van der Waals surface area (Å²) in [6.07, 6.45) is 3.06. The van der Waals surface area contributed by atoms with Gasteiger partial charge in [-0.2, -0.15) is 4.98 Å². The molecule has 0 aliphatic carbocycles. The predicted octanol–water partition coefficient (Wildman–Crippen LogP) is 0.243. The average Bonchev–Trinajstić information content (AvgIpc) is 2.70. The van der Waals surface area contributed by atoms with Gasteiger partial charge in [-0.15, -0.1) is 0 Å². The lowest BCUT2D eigenvalue weighted by Crippen LogP contribution is -2.32. The highest BCUT2D eigenvalue weighted by Gasteiger charge is 2.05. The van der Waals surface area contributed by atoms with Gasteiger partial charge in [0.1, 0.15) is 11.6 Å². The Labute approximate surface area is 85.3 Å². The number of H-pyrrole nitrogens is 1. The van der Waals surface area contributed by atoms with Gasteiger partial charge in [-0.3, -0.25) is 5.01 Å². The number of rotatable bonds is 3. The highest BCUT2D eigenvalue weighted by atomic mass is 16.3. The first-order valence-corrected chi connectivity index (χ1v) is 4.36. The monoisotopic (exact) mass is 206 g/mol. The van der Waals surface area contributed by atoms with E-state index in [-0.39, 0.29) is 0 Å². The van der Waals surface area contributed by atoms with Gasteiger partial charge in [0.05, 0.1) is 12.8 Å². The van der Waals surface area contributed by atoms with Crippen LogP contribution in [-0.4, -0.2) is 9.97 Å². The maximum absolute atomic E-state index is 10.9. The van der Waals surface area contributed by atoms with E-state index in [1.807, 2.05) is 0 Å². The number of nitrogens with zero attached hydrogens (tertiary/aromatic N) is 2. The van der Waals surface area contributed by atoms with Crippen molar-refractivity contribution in [1.82, 2.24) is 9.97 Å². The molecule has 15 heavy (non-hydrogen) atoms. The van der Waals surface area contributed by atoms with Gasteiger partial charge in [0.15, 0.2) is 0 Å². The molecule has 0 unspecified atom stereocenters. The molecular weight excluding hydrogens is 196 g/mol. The van der Waals surface area contributed by atoms with Gasteiger partial charge in [-0.1, -0.05) is 0 Å². The summed E-state index contributed by atoms with van der Waals surface area (Å²) in [7, 11) is 0. The van der Waals surface area contributed by atoms with Crippen molar-refractivity contribution in [1.29, 1.82) is 0 Å². The maximum atomic E-state index is 10.9. The van der Waals surface area contributed by atoms with Gasteiger partial charge in [0, 0.05) is 6.20 Å². The number of nitrogens with two attached hydrogens (primary N) is 1. The first kappa shape index (κ1) is 9.47. The zero-order chi connectivity index (χ0) is 10.7. The topological polar surface area (TPSA) is 88.1 Å². The third-order valence-electron chi connectivity index (χ3n) is 1.86. The number of nitrogens with one attached hydrogen (secondary N) is 1. The van der Waals surface area contributed by atoms with Crippen molar-refractivity contribution in [2.45, 2.75) is 6.54 Å². The largest absolute Gasteiger partial charge is 0.467 e. The number of anilines is 1. The summed E-state index contributed by atoms with van der Waals surface area (Å²) in [6.45, 7) is 0.365. The first-order chi connectivity index (χ1) is 7.25. The molecule has 2 aromatic heterocycles. The second-order valence-electron chi connectivity index (χ2n) is 2.96. The molecule has 0 spiro atoms. The summed E-state index contributed by atoms with van der Waals surface area (Å²) in [4.78, 5) is 17.0. The van der Waals surface area contributed by atoms with Crippen molar-refractivity contribution in [3.8, 4) is 0 Å². The molecule has 6 heteroatoms. The predicted molar refractivity (Wildman–Crippen MR) is 53.9 cm³/mol. The van der Waals surface area contributed by atoms with Crippen molar-refractivity contribution in [2.75, 3.05) is 5.01 Å². The van der Waals surface area contributed by atoms with E-state index in [2.05, 4.69) is 9.97 Å². The number of furan rings is 1. The fourth-order valence-corrected chi connectivity index (χ4v) is 1.17. The maximum Gasteiger partial charge on any atom is 0.346 e. The molecule has 0 aliphatic heterocycles. The van der Waals surface area contributed by atoms with Crippen molar-refractivity contribution in [3.05, 3.63) is 46.9 Å². The summed E-state index contributed by atoms with van der Waals surface area (Å²) in [6, 6.07) is 5.19. The Morgan fingerprint density at radius 1 is 1.53 bits per heavy atom. The quantitative estimate of drug-likeness (QED) is 0.555. The molecule has 0 aromatic carbocycles. The minimum Gasteiger partial charge on any atom is -0.467 e. The van der Waals surface area contributed by atoms with Gasteiger partial charge >= 0.3 is 5.69 Å². The van der Waals surface area contributed by atoms with Crippen molar-refractivity contribution < 1.29 is 4.42 Å². The van der Waals surface area contributed by atoms with Crippen LogP contribution in [0, 0.1) is 0 Å². The highest BCUT2D eigenvalue weighted by molar-refractivity contribution is 5.34. The Morgan fingerprint density at radius 2 is 2.40 bits per heavy atom. The average molecular weight is 206 g/mol. The molecule has 78 valence electrons. The summed E-state index contributed by atoms with van der Waals surface area (Å²) in [5.74, 6) is 6.82. The molecule has 2 aromatic rings. The molecule has 0 saturated carbocycles. The summed E-state index contributed by atoms with van der Waals surface area (Å²) in [5, 5.41) is 1.34. The molecule has 6 nitrogen and oxygen atoms in total. The Morgan fingerprint density at radius 3 is 3.07 bits per heavy atom. The van der Waals surface area contributed by atoms with Crippen LogP contribution in [0.15, 0.2) is 39.9 Å². The fraction of sp³-hybridized carbons (Fsp3) is 0.111. The zero-order valence-corrected chi connectivity index (χ0v) is 7.88. The van der Waals surface area contributed by atoms with Crippen LogP contribution >= 0.6 is 0 Å². The SMILES string of the molecule is NN(Cc1ccco1)c1cc[nH]c(=O)n1. The standard InChI is InChI=1S/C9H10N4O2/c10-13(6-7-2-1-5-15-7)8-3-4-11-9(14)12-8/h1-5H,6,10H2,(H,11,12,14). The number of hydrogen-bond donors (Lipinski definition) is 2. The highest BCUT2D eigenvalue weighted by Crippen LogP contribution is 2.08. The summed E-state index contributed by atoms with van der Waals surface area (Å²) in [5.41, 5.74) is -0.428. The van der Waals surface area contributed by atoms with E-state index in [9.17, 15) is 4.79 Å². The van der Waals surface area contributed by atoms with Gasteiger partial charge < -0.3 is 9.40 Å². The molecule has 0 saturated heterocycles. The lowest BCUT2D eigenvalue weighted by atomic mass is 10.4. The van der Waals surface area contributed by atoms with Gasteiger partial charge in [0.2, 0.25) is 0 Å². The van der Waals surface area contributed by atoms with Gasteiger partial charge in [-0.25, -0.2) is 10.6 Å². The molecule has 0 radical (unpaired) electrons. The van der Waals surface area contributed by atoms with Gasteiger partial charge in [-0.05, 0) is 18.2 Å². The van der Waals surface area contributed by atoms with E-state index in [4.69, 9.17) is 10.3 Å². The van der Waals surface area contributed by atoms with Crippen LogP contribution in [0.4, 0.5) is 5.82 Å². The zero-order valence-electron chi connectivity index (χ0n) is 7.88. The van der Waals surface area contributed by atoms with E-state index in [0.29, 0.717) is 18.1 Å². The van der Waals surface area contributed by atoms with E-state index < -0.39 is 5.69 Å². The van der Waals surface area contributed by atoms with Crippen molar-refractivity contribution in [2.24, 2.45) is 5.84 Å². The summed E-state index contributed by atoms with van der Waals surface area (Å²) >= 11 is 0. The molecule has 2 rings (SSSR count). The van der Waals surface area contributed by atoms with Crippen LogP contribution in [0.1, 0.15) is 5.76 Å². The lowest BCUT2D eigenvalue weighted by molar-refractivity contribution is 0.503. The number of hydrogen-bond acceptors (Lipinski definition) is 5. The molecular formula is C9H10N4O2. The molecule has 0 atom stereocenters. The third-order valence-corrected chi connectivity index (χ3v) is 1.86. The smallest absolute Gasteiger partial charge is 0.346 e. The molecule has 0 amide bonds. The van der Waals surface area contributed by atoms with Crippen LogP contribution in [0.3, 0.4) is 0 Å². The van der Waals surface area contributed by atoms with Crippen LogP contribution in [0.2, 0.25) is 0 Å². The Hall–Kier alpha value is -2.08. The molecule has 2 heterocycles. The van der Waals surface area contributed by atoms with E-state index >= 15 is 0 Å². The molecule has 0 bridgehead atoms. The van der Waals surface area contributed by atoms with E-state index in [0.717, 1.165) is 0 Å². The van der Waals surface area contributed by atoms with Crippen LogP contribution in [0.25, 0.3) is 0 Å². The number of aromatic amines is 1. The number of hydrazine groups is 1. The number of aromatic nitrogens is 2. The van der Waals surface area contributed by atoms with Crippen molar-refractivity contribution in [3.63, 3.8) is 0 Å². The van der Waals surface area contributed by atoms with E-state index in [1.54, 1.807) is 24.5 Å². The lowest BCUT2D eigenvalue weighted by Gasteiger charge is -2.14. The second-order valence-corrected chi connectivity index (χ2v) is 2.96. The fourth-order valence-electron chi connectivity index (χ4n) is 1.17. The summed E-state index contributed by atoms with van der Waals surface area (Å²) < 4.78 is 5.12. The van der Waals surface area contributed by atoms with Gasteiger partial charge in [0.25, 0.3) is 0 Å².